The molecule has 0 saturated heterocycles. The van der Waals surface area contributed by atoms with Crippen molar-refractivity contribution in [2.75, 3.05) is 7.11 Å². The van der Waals surface area contributed by atoms with Crippen LogP contribution >= 0.6 is 0 Å². The van der Waals surface area contributed by atoms with E-state index in [0.717, 1.165) is 11.1 Å². The summed E-state index contributed by atoms with van der Waals surface area (Å²) in [6.45, 7) is 0. The number of amides is 1. The van der Waals surface area contributed by atoms with Gasteiger partial charge in [-0.05, 0) is 29.3 Å². The van der Waals surface area contributed by atoms with E-state index in [0.29, 0.717) is 5.75 Å². The molecular formula is C11H11NO3. The van der Waals surface area contributed by atoms with Gasteiger partial charge in [-0.1, -0.05) is 0 Å². The van der Waals surface area contributed by atoms with Crippen LogP contribution in [0, 0.1) is 0 Å². The summed E-state index contributed by atoms with van der Waals surface area (Å²) in [6.07, 6.45) is 3.63. The lowest BCUT2D eigenvalue weighted by atomic mass is 10.0. The molecule has 1 aliphatic rings. The third-order valence-electron chi connectivity index (χ3n) is 2.30. The van der Waals surface area contributed by atoms with Crippen LogP contribution in [-0.2, 0) is 11.2 Å². The van der Waals surface area contributed by atoms with Crippen LogP contribution in [-0.4, -0.2) is 18.1 Å². The first-order valence-corrected chi connectivity index (χ1v) is 4.56. The molecule has 0 spiro atoms. The molecule has 0 saturated carbocycles. The number of phenolic OH excluding ortho intramolecular Hbond substituents is 1. The molecule has 0 bridgehead atoms. The van der Waals surface area contributed by atoms with E-state index in [2.05, 4.69) is 5.32 Å². The molecule has 0 fully saturated rings. The highest BCUT2D eigenvalue weighted by Crippen LogP contribution is 2.30. The normalized spacial score (nSPS) is 14.1. The summed E-state index contributed by atoms with van der Waals surface area (Å²) in [5, 5.41) is 12.2. The van der Waals surface area contributed by atoms with Gasteiger partial charge in [-0.2, -0.15) is 0 Å². The van der Waals surface area contributed by atoms with E-state index in [4.69, 9.17) is 4.74 Å². The van der Waals surface area contributed by atoms with E-state index in [1.54, 1.807) is 24.4 Å². The van der Waals surface area contributed by atoms with Gasteiger partial charge in [-0.25, -0.2) is 0 Å². The zero-order valence-corrected chi connectivity index (χ0v) is 8.28. The van der Waals surface area contributed by atoms with Crippen LogP contribution in [0.4, 0.5) is 0 Å². The highest BCUT2D eigenvalue weighted by molar-refractivity contribution is 5.83. The molecule has 15 heavy (non-hydrogen) atoms. The molecule has 2 rings (SSSR count). The van der Waals surface area contributed by atoms with Gasteiger partial charge in [0.25, 0.3) is 0 Å². The van der Waals surface area contributed by atoms with Gasteiger partial charge in [0, 0.05) is 6.20 Å². The van der Waals surface area contributed by atoms with Crippen LogP contribution in [0.1, 0.15) is 11.1 Å². The Morgan fingerprint density at radius 1 is 1.47 bits per heavy atom. The Morgan fingerprint density at radius 3 is 3.00 bits per heavy atom. The summed E-state index contributed by atoms with van der Waals surface area (Å²) in [4.78, 5) is 11.2. The van der Waals surface area contributed by atoms with E-state index in [9.17, 15) is 9.90 Å². The minimum Gasteiger partial charge on any atom is -0.504 e. The third-order valence-corrected chi connectivity index (χ3v) is 2.30. The fourth-order valence-corrected chi connectivity index (χ4v) is 1.55. The molecule has 1 aromatic carbocycles. The van der Waals surface area contributed by atoms with Crippen molar-refractivity contribution in [1.29, 1.82) is 0 Å². The minimum atomic E-state index is -0.0884. The van der Waals surface area contributed by atoms with Crippen molar-refractivity contribution < 1.29 is 14.6 Å². The molecule has 1 aliphatic heterocycles. The van der Waals surface area contributed by atoms with E-state index in [1.165, 1.54) is 7.11 Å². The van der Waals surface area contributed by atoms with Gasteiger partial charge >= 0.3 is 0 Å². The average Bonchev–Trinajstić information content (AvgIpc) is 2.37. The van der Waals surface area contributed by atoms with Crippen molar-refractivity contribution in [1.82, 2.24) is 5.32 Å². The summed E-state index contributed by atoms with van der Waals surface area (Å²) in [7, 11) is 1.49. The first-order chi connectivity index (χ1) is 7.20. The predicted molar refractivity (Wildman–Crippen MR) is 55.5 cm³/mol. The molecule has 0 radical (unpaired) electrons. The van der Waals surface area contributed by atoms with Crippen LogP contribution < -0.4 is 10.1 Å². The highest BCUT2D eigenvalue weighted by Gasteiger charge is 2.13. The maximum absolute atomic E-state index is 11.2. The van der Waals surface area contributed by atoms with Gasteiger partial charge in [-0.3, -0.25) is 4.79 Å². The zero-order chi connectivity index (χ0) is 10.8. The Kier molecular flexibility index (Phi) is 2.33. The van der Waals surface area contributed by atoms with Crippen LogP contribution in [0.2, 0.25) is 0 Å². The number of hydrogen-bond acceptors (Lipinski definition) is 3. The van der Waals surface area contributed by atoms with Gasteiger partial charge in [0.05, 0.1) is 13.5 Å². The lowest BCUT2D eigenvalue weighted by molar-refractivity contribution is -0.119. The van der Waals surface area contributed by atoms with Crippen molar-refractivity contribution in [2.24, 2.45) is 0 Å². The van der Waals surface area contributed by atoms with E-state index in [1.807, 2.05) is 0 Å². The number of nitrogens with one attached hydrogen (secondary N) is 1. The molecule has 0 aromatic heterocycles. The molecule has 1 aromatic rings. The van der Waals surface area contributed by atoms with Gasteiger partial charge < -0.3 is 15.2 Å². The van der Waals surface area contributed by atoms with Crippen molar-refractivity contribution in [2.45, 2.75) is 6.42 Å². The first kappa shape index (κ1) is 9.58. The molecule has 78 valence electrons. The van der Waals surface area contributed by atoms with Crippen molar-refractivity contribution in [3.05, 3.63) is 29.5 Å². The molecular weight excluding hydrogens is 194 g/mol. The Balaban J connectivity index is 2.51. The molecule has 4 heteroatoms. The smallest absolute Gasteiger partial charge is 0.228 e. The second kappa shape index (κ2) is 3.65. The molecule has 1 heterocycles. The summed E-state index contributed by atoms with van der Waals surface area (Å²) >= 11 is 0. The van der Waals surface area contributed by atoms with Crippen LogP contribution in [0.15, 0.2) is 18.3 Å². The Labute approximate surface area is 87.2 Å². The Hall–Kier alpha value is -1.97. The van der Waals surface area contributed by atoms with E-state index >= 15 is 0 Å². The van der Waals surface area contributed by atoms with Crippen molar-refractivity contribution >= 4 is 12.0 Å². The van der Waals surface area contributed by atoms with Gasteiger partial charge in [-0.15, -0.1) is 0 Å². The summed E-state index contributed by atoms with van der Waals surface area (Å²) in [5.41, 5.74) is 1.67. The SMILES string of the molecule is COc1cc2c(cc1O)CC(=O)NC=C2. The molecule has 0 aliphatic carbocycles. The van der Waals surface area contributed by atoms with E-state index in [-0.39, 0.29) is 18.1 Å². The quantitative estimate of drug-likeness (QED) is 0.720. The molecule has 4 nitrogen and oxygen atoms in total. The van der Waals surface area contributed by atoms with Crippen molar-refractivity contribution in [3.8, 4) is 11.5 Å². The number of benzene rings is 1. The molecule has 2 N–H and O–H groups in total. The number of phenols is 1. The standard InChI is InChI=1S/C11H11NO3/c1-15-10-5-7-2-3-12-11(14)6-8(7)4-9(10)13/h2-5,13H,6H2,1H3,(H,12,14). The maximum atomic E-state index is 11.2. The molecule has 0 unspecified atom stereocenters. The Morgan fingerprint density at radius 2 is 2.27 bits per heavy atom. The summed E-state index contributed by atoms with van der Waals surface area (Å²) in [5.74, 6) is 0.377. The highest BCUT2D eigenvalue weighted by atomic mass is 16.5. The second-order valence-corrected chi connectivity index (χ2v) is 3.30. The fourth-order valence-electron chi connectivity index (χ4n) is 1.55. The Bertz CT molecular complexity index is 438. The number of rotatable bonds is 1. The maximum Gasteiger partial charge on any atom is 0.228 e. The van der Waals surface area contributed by atoms with Crippen LogP contribution in [0.3, 0.4) is 0 Å². The van der Waals surface area contributed by atoms with Crippen LogP contribution in [0.5, 0.6) is 11.5 Å². The fraction of sp³-hybridized carbons (Fsp3) is 0.182. The lowest BCUT2D eigenvalue weighted by Gasteiger charge is -2.08. The topological polar surface area (TPSA) is 58.6 Å². The molecule has 0 atom stereocenters. The molecule has 1 amide bonds. The number of fused-ring (bicyclic) bond motifs is 1. The number of carbonyl (C=O) groups is 1. The number of carbonyl (C=O) groups excluding carboxylic acids is 1. The zero-order valence-electron chi connectivity index (χ0n) is 8.28. The van der Waals surface area contributed by atoms with Gasteiger partial charge in [0.1, 0.15) is 0 Å². The third kappa shape index (κ3) is 1.79. The van der Waals surface area contributed by atoms with Gasteiger partial charge in [0.2, 0.25) is 5.91 Å². The average molecular weight is 205 g/mol. The van der Waals surface area contributed by atoms with E-state index < -0.39 is 0 Å². The summed E-state index contributed by atoms with van der Waals surface area (Å²) < 4.78 is 4.99. The monoisotopic (exact) mass is 205 g/mol. The lowest BCUT2D eigenvalue weighted by Crippen LogP contribution is -2.17. The minimum absolute atomic E-state index is 0.0550. The first-order valence-electron chi connectivity index (χ1n) is 4.56. The predicted octanol–water partition coefficient (Wildman–Crippen LogP) is 1.04. The number of ether oxygens (including phenoxy) is 1. The summed E-state index contributed by atoms with van der Waals surface area (Å²) in [6, 6.07) is 3.27. The van der Waals surface area contributed by atoms with Crippen molar-refractivity contribution in [3.63, 3.8) is 0 Å². The van der Waals surface area contributed by atoms with Crippen LogP contribution in [0.25, 0.3) is 6.08 Å². The number of hydrogen-bond donors (Lipinski definition) is 2. The number of aromatic hydroxyl groups is 1. The largest absolute Gasteiger partial charge is 0.504 e. The second-order valence-electron chi connectivity index (χ2n) is 3.30. The number of methoxy groups -OCH3 is 1. The van der Waals surface area contributed by atoms with Gasteiger partial charge in [0.15, 0.2) is 11.5 Å².